The third-order valence-corrected chi connectivity index (χ3v) is 5.56. The number of hydrogen-bond donors (Lipinski definition) is 0. The molecule has 1 atom stereocenters. The number of fused-ring (bicyclic) bond motifs is 1. The third kappa shape index (κ3) is 3.84. The number of nitriles is 1. The van der Waals surface area contributed by atoms with Crippen molar-refractivity contribution in [3.63, 3.8) is 0 Å². The number of rotatable bonds is 1. The van der Waals surface area contributed by atoms with Gasteiger partial charge in [-0.2, -0.15) is 5.26 Å². The number of benzene rings is 1. The Labute approximate surface area is 167 Å². The molecule has 1 heterocycles. The number of hydrogen-bond acceptors (Lipinski definition) is 4. The molecular weight excluding hydrogens is 354 g/mol. The second kappa shape index (κ2) is 7.46. The van der Waals surface area contributed by atoms with E-state index in [9.17, 15) is 14.9 Å². The van der Waals surface area contributed by atoms with Crippen molar-refractivity contribution >= 4 is 17.7 Å². The second-order valence-electron chi connectivity index (χ2n) is 8.90. The zero-order valence-electron chi connectivity index (χ0n) is 17.2. The van der Waals surface area contributed by atoms with Crippen LogP contribution in [-0.2, 0) is 16.1 Å². The summed E-state index contributed by atoms with van der Waals surface area (Å²) < 4.78 is 5.59. The zero-order valence-corrected chi connectivity index (χ0v) is 17.2. The highest BCUT2D eigenvalue weighted by atomic mass is 16.6. The average Bonchev–Trinajstić information content (AvgIpc) is 3.07. The highest BCUT2D eigenvalue weighted by Gasteiger charge is 2.46. The van der Waals surface area contributed by atoms with Gasteiger partial charge < -0.3 is 9.64 Å². The number of para-hydroxylation sites is 1. The van der Waals surface area contributed by atoms with Crippen molar-refractivity contribution in [3.8, 4) is 6.07 Å². The summed E-state index contributed by atoms with van der Waals surface area (Å²) in [6.45, 7) is 8.16. The van der Waals surface area contributed by atoms with E-state index in [-0.39, 0.29) is 18.0 Å². The van der Waals surface area contributed by atoms with Crippen LogP contribution in [0.4, 0.5) is 10.5 Å². The lowest BCUT2D eigenvalue weighted by Gasteiger charge is -2.33. The Morgan fingerprint density at radius 2 is 1.86 bits per heavy atom. The number of carbonyl (C=O) groups is 2. The normalized spacial score (nSPS) is 21.5. The summed E-state index contributed by atoms with van der Waals surface area (Å²) in [5, 5.41) is 9.79. The molecule has 6 heteroatoms. The van der Waals surface area contributed by atoms with Gasteiger partial charge in [0.15, 0.2) is 0 Å². The summed E-state index contributed by atoms with van der Waals surface area (Å²) in [7, 11) is 0. The maximum atomic E-state index is 13.5. The van der Waals surface area contributed by atoms with E-state index in [0.29, 0.717) is 25.9 Å². The molecule has 0 N–H and O–H groups in total. The Morgan fingerprint density at radius 3 is 2.46 bits per heavy atom. The summed E-state index contributed by atoms with van der Waals surface area (Å²) in [6.07, 6.45) is 2.61. The van der Waals surface area contributed by atoms with Crippen molar-refractivity contribution in [2.75, 3.05) is 11.4 Å². The summed E-state index contributed by atoms with van der Waals surface area (Å²) in [5.74, 6) is -0.141. The van der Waals surface area contributed by atoms with Crippen LogP contribution >= 0.6 is 0 Å². The first-order valence-electron chi connectivity index (χ1n) is 9.98. The largest absolute Gasteiger partial charge is 0.444 e. The van der Waals surface area contributed by atoms with E-state index >= 15 is 0 Å². The van der Waals surface area contributed by atoms with Crippen molar-refractivity contribution in [2.45, 2.75) is 71.6 Å². The van der Waals surface area contributed by atoms with Gasteiger partial charge in [-0.3, -0.25) is 9.69 Å². The second-order valence-corrected chi connectivity index (χ2v) is 8.90. The summed E-state index contributed by atoms with van der Waals surface area (Å²) in [5.41, 5.74) is 0.130. The van der Waals surface area contributed by atoms with Gasteiger partial charge in [-0.1, -0.05) is 31.0 Å². The van der Waals surface area contributed by atoms with E-state index in [2.05, 4.69) is 6.07 Å². The Morgan fingerprint density at radius 1 is 1.21 bits per heavy atom. The summed E-state index contributed by atoms with van der Waals surface area (Å²) in [6, 6.07) is 9.70. The lowest BCUT2D eigenvalue weighted by atomic mass is 9.86. The lowest BCUT2D eigenvalue weighted by Crippen LogP contribution is -2.49. The average molecular weight is 383 g/mol. The SMILES string of the molecule is CC1CN(C(=O)C2(C#N)CCCC2)c2ccccc2CN1C(=O)OC(C)(C)C. The van der Waals surface area contributed by atoms with Crippen LogP contribution in [0.3, 0.4) is 0 Å². The molecule has 150 valence electrons. The van der Waals surface area contributed by atoms with E-state index in [1.807, 2.05) is 52.0 Å². The molecule has 1 aromatic rings. The molecule has 1 aliphatic heterocycles. The van der Waals surface area contributed by atoms with Crippen LogP contribution in [0.2, 0.25) is 0 Å². The van der Waals surface area contributed by atoms with Crippen molar-refractivity contribution in [2.24, 2.45) is 5.41 Å². The fourth-order valence-electron chi connectivity index (χ4n) is 4.08. The Balaban J connectivity index is 1.96. The molecule has 0 spiro atoms. The predicted molar refractivity (Wildman–Crippen MR) is 107 cm³/mol. The highest BCUT2D eigenvalue weighted by molar-refractivity contribution is 6.00. The van der Waals surface area contributed by atoms with Crippen LogP contribution in [0.5, 0.6) is 0 Å². The zero-order chi connectivity index (χ0) is 20.5. The monoisotopic (exact) mass is 383 g/mol. The molecule has 3 rings (SSSR count). The van der Waals surface area contributed by atoms with Crippen LogP contribution in [0.1, 0.15) is 58.9 Å². The Hall–Kier alpha value is -2.55. The first-order chi connectivity index (χ1) is 13.2. The van der Waals surface area contributed by atoms with Gasteiger partial charge in [0.1, 0.15) is 11.0 Å². The molecule has 0 radical (unpaired) electrons. The van der Waals surface area contributed by atoms with E-state index in [1.54, 1.807) is 9.80 Å². The van der Waals surface area contributed by atoms with Crippen molar-refractivity contribution in [3.05, 3.63) is 29.8 Å². The van der Waals surface area contributed by atoms with E-state index in [1.165, 1.54) is 0 Å². The standard InChI is InChI=1S/C22H29N3O3/c1-16-13-25(19(26)22(15-23)11-7-8-12-22)18-10-6-5-9-17(18)14-24(16)20(27)28-21(2,3)4/h5-6,9-10,16H,7-8,11-14H2,1-4H3. The van der Waals surface area contributed by atoms with Gasteiger partial charge in [0.05, 0.1) is 18.7 Å². The molecule has 2 aliphatic rings. The molecular formula is C22H29N3O3. The van der Waals surface area contributed by atoms with Gasteiger partial charge in [0.25, 0.3) is 0 Å². The quantitative estimate of drug-likeness (QED) is 0.727. The maximum absolute atomic E-state index is 13.5. The minimum atomic E-state index is -0.950. The van der Waals surface area contributed by atoms with Crippen molar-refractivity contribution in [1.82, 2.24) is 4.90 Å². The number of ether oxygens (including phenoxy) is 1. The van der Waals surface area contributed by atoms with E-state index < -0.39 is 11.0 Å². The first-order valence-corrected chi connectivity index (χ1v) is 9.98. The molecule has 1 aliphatic carbocycles. The molecule has 6 nitrogen and oxygen atoms in total. The number of amides is 2. The molecule has 2 amide bonds. The van der Waals surface area contributed by atoms with Crippen molar-refractivity contribution < 1.29 is 14.3 Å². The third-order valence-electron chi connectivity index (χ3n) is 5.56. The van der Waals surface area contributed by atoms with E-state index in [4.69, 9.17) is 4.74 Å². The van der Waals surface area contributed by atoms with Gasteiger partial charge in [-0.25, -0.2) is 4.79 Å². The van der Waals surface area contributed by atoms with Gasteiger partial charge in [0.2, 0.25) is 5.91 Å². The molecule has 1 unspecified atom stereocenters. The fourth-order valence-corrected chi connectivity index (χ4v) is 4.08. The topological polar surface area (TPSA) is 73.6 Å². The number of nitrogens with zero attached hydrogens (tertiary/aromatic N) is 3. The number of anilines is 1. The minimum Gasteiger partial charge on any atom is -0.444 e. The molecule has 1 saturated carbocycles. The molecule has 1 fully saturated rings. The van der Waals surface area contributed by atoms with Crippen LogP contribution in [-0.4, -0.2) is 35.1 Å². The first kappa shape index (κ1) is 20.2. The van der Waals surface area contributed by atoms with Crippen LogP contribution in [0, 0.1) is 16.7 Å². The van der Waals surface area contributed by atoms with Crippen molar-refractivity contribution in [1.29, 1.82) is 5.26 Å². The molecule has 28 heavy (non-hydrogen) atoms. The summed E-state index contributed by atoms with van der Waals surface area (Å²) >= 11 is 0. The van der Waals surface area contributed by atoms with Gasteiger partial charge in [0, 0.05) is 12.2 Å². The van der Waals surface area contributed by atoms with Crippen LogP contribution in [0.15, 0.2) is 24.3 Å². The highest BCUT2D eigenvalue weighted by Crippen LogP contribution is 2.41. The maximum Gasteiger partial charge on any atom is 0.410 e. The molecule has 0 aromatic heterocycles. The molecule has 0 bridgehead atoms. The van der Waals surface area contributed by atoms with Gasteiger partial charge in [-0.15, -0.1) is 0 Å². The minimum absolute atomic E-state index is 0.141. The smallest absolute Gasteiger partial charge is 0.410 e. The fraction of sp³-hybridized carbons (Fsp3) is 0.591. The van der Waals surface area contributed by atoms with Crippen LogP contribution in [0.25, 0.3) is 0 Å². The Bertz CT molecular complexity index is 800. The lowest BCUT2D eigenvalue weighted by molar-refractivity contribution is -0.125. The van der Waals surface area contributed by atoms with Crippen LogP contribution < -0.4 is 4.90 Å². The molecule has 1 aromatic carbocycles. The molecule has 0 saturated heterocycles. The van der Waals surface area contributed by atoms with E-state index in [0.717, 1.165) is 24.1 Å². The Kier molecular flexibility index (Phi) is 5.38. The number of carbonyl (C=O) groups excluding carboxylic acids is 2. The van der Waals surface area contributed by atoms with Gasteiger partial charge in [-0.05, 0) is 52.2 Å². The predicted octanol–water partition coefficient (Wildman–Crippen LogP) is 4.24. The van der Waals surface area contributed by atoms with Gasteiger partial charge >= 0.3 is 6.09 Å². The summed E-state index contributed by atoms with van der Waals surface area (Å²) in [4.78, 5) is 29.7.